The van der Waals surface area contributed by atoms with Crippen molar-refractivity contribution in [2.75, 3.05) is 32.1 Å². The Hall–Kier alpha value is -3.29. The summed E-state index contributed by atoms with van der Waals surface area (Å²) in [4.78, 5) is 36.8. The lowest BCUT2D eigenvalue weighted by Crippen LogP contribution is -2.33. The molecule has 0 fully saturated rings. The van der Waals surface area contributed by atoms with E-state index >= 15 is 0 Å². The standard InChI is InChI=1S/C18H21N3O5/c1-21(2)14-7-5-13(6-8-14)10-19-16(22)12-26-17(23)11-20-18(24)15-4-3-9-25-15/h3-9H,10-12H2,1-2H3,(H,19,22)(H,20,24). The number of esters is 1. The van der Waals surface area contributed by atoms with Gasteiger partial charge in [0, 0.05) is 26.3 Å². The summed E-state index contributed by atoms with van der Waals surface area (Å²) in [5.41, 5.74) is 1.99. The highest BCUT2D eigenvalue weighted by Crippen LogP contribution is 2.11. The molecule has 2 rings (SSSR count). The summed E-state index contributed by atoms with van der Waals surface area (Å²) in [6, 6.07) is 10.7. The van der Waals surface area contributed by atoms with Crippen molar-refractivity contribution in [2.24, 2.45) is 0 Å². The molecule has 0 aliphatic carbocycles. The van der Waals surface area contributed by atoms with Gasteiger partial charge in [0.1, 0.15) is 6.54 Å². The van der Waals surface area contributed by atoms with E-state index < -0.39 is 24.4 Å². The van der Waals surface area contributed by atoms with Crippen molar-refractivity contribution >= 4 is 23.5 Å². The molecule has 1 aromatic heterocycles. The Morgan fingerprint density at radius 1 is 1.08 bits per heavy atom. The van der Waals surface area contributed by atoms with Crippen molar-refractivity contribution in [3.05, 3.63) is 54.0 Å². The van der Waals surface area contributed by atoms with E-state index in [1.165, 1.54) is 12.3 Å². The highest BCUT2D eigenvalue weighted by atomic mass is 16.5. The number of carbonyl (C=O) groups is 3. The topological polar surface area (TPSA) is 101 Å². The summed E-state index contributed by atoms with van der Waals surface area (Å²) >= 11 is 0. The molecule has 8 nitrogen and oxygen atoms in total. The maximum absolute atomic E-state index is 11.7. The second-order valence-corrected chi connectivity index (χ2v) is 5.66. The summed E-state index contributed by atoms with van der Waals surface area (Å²) in [6.45, 7) is -0.427. The molecule has 138 valence electrons. The quantitative estimate of drug-likeness (QED) is 0.680. The molecule has 0 saturated carbocycles. The van der Waals surface area contributed by atoms with Gasteiger partial charge in [-0.15, -0.1) is 0 Å². The first-order chi connectivity index (χ1) is 12.5. The molecule has 0 radical (unpaired) electrons. The van der Waals surface area contributed by atoms with Gasteiger partial charge in [-0.3, -0.25) is 14.4 Å². The molecule has 0 atom stereocenters. The maximum atomic E-state index is 11.7. The minimum Gasteiger partial charge on any atom is -0.459 e. The largest absolute Gasteiger partial charge is 0.459 e. The predicted molar refractivity (Wildman–Crippen MR) is 94.6 cm³/mol. The van der Waals surface area contributed by atoms with Crippen LogP contribution in [-0.4, -0.2) is 45.0 Å². The van der Waals surface area contributed by atoms with Gasteiger partial charge in [0.2, 0.25) is 0 Å². The molecule has 0 aliphatic rings. The fourth-order valence-electron chi connectivity index (χ4n) is 2.01. The van der Waals surface area contributed by atoms with Crippen LogP contribution >= 0.6 is 0 Å². The molecule has 0 bridgehead atoms. The highest BCUT2D eigenvalue weighted by Gasteiger charge is 2.12. The van der Waals surface area contributed by atoms with Crippen LogP contribution < -0.4 is 15.5 Å². The normalized spacial score (nSPS) is 10.1. The van der Waals surface area contributed by atoms with E-state index in [0.29, 0.717) is 6.54 Å². The number of furan rings is 1. The predicted octanol–water partition coefficient (Wildman–Crippen LogP) is 0.935. The SMILES string of the molecule is CN(C)c1ccc(CNC(=O)COC(=O)CNC(=O)c2ccco2)cc1. The number of ether oxygens (including phenoxy) is 1. The maximum Gasteiger partial charge on any atom is 0.325 e. The average Bonchev–Trinajstić information content (AvgIpc) is 3.17. The molecular formula is C18H21N3O5. The van der Waals surface area contributed by atoms with Crippen molar-refractivity contribution in [1.29, 1.82) is 0 Å². The zero-order valence-corrected chi connectivity index (χ0v) is 14.7. The van der Waals surface area contributed by atoms with Gasteiger partial charge in [-0.2, -0.15) is 0 Å². The molecule has 2 aromatic rings. The minimum atomic E-state index is -0.713. The zero-order valence-electron chi connectivity index (χ0n) is 14.7. The number of amides is 2. The van der Waals surface area contributed by atoms with Gasteiger partial charge in [-0.1, -0.05) is 12.1 Å². The van der Waals surface area contributed by atoms with Crippen LogP contribution in [0.2, 0.25) is 0 Å². The first-order valence-electron chi connectivity index (χ1n) is 7.96. The number of hydrogen-bond donors (Lipinski definition) is 2. The summed E-state index contributed by atoms with van der Waals surface area (Å²) in [6.07, 6.45) is 1.35. The molecule has 0 saturated heterocycles. The van der Waals surface area contributed by atoms with Crippen LogP contribution in [0.15, 0.2) is 47.1 Å². The number of anilines is 1. The Kier molecular flexibility index (Phi) is 6.78. The summed E-state index contributed by atoms with van der Waals surface area (Å²) in [7, 11) is 3.89. The lowest BCUT2D eigenvalue weighted by Gasteiger charge is -2.13. The van der Waals surface area contributed by atoms with Gasteiger partial charge in [0.05, 0.1) is 6.26 Å². The Balaban J connectivity index is 1.64. The summed E-state index contributed by atoms with van der Waals surface area (Å²) in [5.74, 6) is -1.57. The molecule has 1 heterocycles. The second-order valence-electron chi connectivity index (χ2n) is 5.66. The van der Waals surface area contributed by atoms with Crippen molar-refractivity contribution in [1.82, 2.24) is 10.6 Å². The Labute approximate surface area is 151 Å². The van der Waals surface area contributed by atoms with Gasteiger partial charge in [0.15, 0.2) is 12.4 Å². The third-order valence-electron chi connectivity index (χ3n) is 3.44. The molecule has 0 spiro atoms. The monoisotopic (exact) mass is 359 g/mol. The second kappa shape index (κ2) is 9.26. The smallest absolute Gasteiger partial charge is 0.325 e. The van der Waals surface area contributed by atoms with Crippen LogP contribution in [0.1, 0.15) is 16.1 Å². The van der Waals surface area contributed by atoms with Gasteiger partial charge < -0.3 is 24.7 Å². The zero-order chi connectivity index (χ0) is 18.9. The van der Waals surface area contributed by atoms with Crippen LogP contribution in [0, 0.1) is 0 Å². The summed E-state index contributed by atoms with van der Waals surface area (Å²) in [5, 5.41) is 5.00. The summed E-state index contributed by atoms with van der Waals surface area (Å²) < 4.78 is 9.70. The number of nitrogens with zero attached hydrogens (tertiary/aromatic N) is 1. The molecular weight excluding hydrogens is 338 g/mol. The Bertz CT molecular complexity index is 739. The van der Waals surface area contributed by atoms with Crippen LogP contribution in [0.3, 0.4) is 0 Å². The lowest BCUT2D eigenvalue weighted by molar-refractivity contribution is -0.147. The minimum absolute atomic E-state index is 0.0934. The van der Waals surface area contributed by atoms with Gasteiger partial charge in [-0.25, -0.2) is 0 Å². The third kappa shape index (κ3) is 5.97. The van der Waals surface area contributed by atoms with Crippen molar-refractivity contribution < 1.29 is 23.5 Å². The highest BCUT2D eigenvalue weighted by molar-refractivity contribution is 5.93. The van der Waals surface area contributed by atoms with E-state index in [4.69, 9.17) is 9.15 Å². The van der Waals surface area contributed by atoms with E-state index in [1.54, 1.807) is 6.07 Å². The number of rotatable bonds is 8. The fourth-order valence-corrected chi connectivity index (χ4v) is 2.01. The molecule has 2 N–H and O–H groups in total. The van der Waals surface area contributed by atoms with Gasteiger partial charge in [-0.05, 0) is 29.8 Å². The van der Waals surface area contributed by atoms with Gasteiger partial charge >= 0.3 is 5.97 Å². The van der Waals surface area contributed by atoms with E-state index in [-0.39, 0.29) is 12.3 Å². The van der Waals surface area contributed by atoms with Crippen molar-refractivity contribution in [3.8, 4) is 0 Å². The first-order valence-corrected chi connectivity index (χ1v) is 7.96. The van der Waals surface area contributed by atoms with Crippen LogP contribution in [0.5, 0.6) is 0 Å². The molecule has 8 heteroatoms. The lowest BCUT2D eigenvalue weighted by atomic mass is 10.2. The van der Waals surface area contributed by atoms with Gasteiger partial charge in [0.25, 0.3) is 11.8 Å². The number of nitrogens with one attached hydrogen (secondary N) is 2. The van der Waals surface area contributed by atoms with Crippen LogP contribution in [0.4, 0.5) is 5.69 Å². The third-order valence-corrected chi connectivity index (χ3v) is 3.44. The first kappa shape index (κ1) is 19.0. The fraction of sp³-hybridized carbons (Fsp3) is 0.278. The molecule has 1 aromatic carbocycles. The Morgan fingerprint density at radius 3 is 2.42 bits per heavy atom. The van der Waals surface area contributed by atoms with E-state index in [1.807, 2.05) is 43.3 Å². The van der Waals surface area contributed by atoms with E-state index in [0.717, 1.165) is 11.3 Å². The van der Waals surface area contributed by atoms with Crippen LogP contribution in [-0.2, 0) is 20.9 Å². The van der Waals surface area contributed by atoms with Crippen molar-refractivity contribution in [3.63, 3.8) is 0 Å². The number of benzene rings is 1. The van der Waals surface area contributed by atoms with Crippen LogP contribution in [0.25, 0.3) is 0 Å². The molecule has 0 unspecified atom stereocenters. The molecule has 0 aliphatic heterocycles. The van der Waals surface area contributed by atoms with E-state index in [9.17, 15) is 14.4 Å². The number of carbonyl (C=O) groups excluding carboxylic acids is 3. The van der Waals surface area contributed by atoms with Crippen molar-refractivity contribution in [2.45, 2.75) is 6.54 Å². The molecule has 2 amide bonds. The average molecular weight is 359 g/mol. The molecule has 26 heavy (non-hydrogen) atoms. The Morgan fingerprint density at radius 2 is 1.81 bits per heavy atom. The number of hydrogen-bond acceptors (Lipinski definition) is 6. The van der Waals surface area contributed by atoms with E-state index in [2.05, 4.69) is 10.6 Å².